The fourth-order valence-electron chi connectivity index (χ4n) is 1.63. The maximum absolute atomic E-state index is 5.69. The van der Waals surface area contributed by atoms with E-state index in [0.717, 1.165) is 30.3 Å². The van der Waals surface area contributed by atoms with E-state index in [1.807, 2.05) is 18.3 Å². The number of ether oxygens (including phenoxy) is 1. The maximum atomic E-state index is 5.69. The molecule has 1 aromatic rings. The highest BCUT2D eigenvalue weighted by Crippen LogP contribution is 2.20. The van der Waals surface area contributed by atoms with E-state index in [1.54, 1.807) is 11.8 Å². The summed E-state index contributed by atoms with van der Waals surface area (Å²) in [6.45, 7) is 2.88. The first-order chi connectivity index (χ1) is 7.74. The molecule has 1 aliphatic heterocycles. The summed E-state index contributed by atoms with van der Waals surface area (Å²) in [7, 11) is 2.13. The van der Waals surface area contributed by atoms with Crippen LogP contribution in [0.5, 0.6) is 0 Å². The Morgan fingerprint density at radius 1 is 1.62 bits per heavy atom. The number of rotatable bonds is 3. The maximum Gasteiger partial charge on any atom is 0.123 e. The molecule has 2 N–H and O–H groups in total. The first kappa shape index (κ1) is 11.7. The molecular formula is C11H17N3OS. The van der Waals surface area contributed by atoms with Crippen LogP contribution in [0.15, 0.2) is 23.2 Å². The number of thioether (sulfide) groups is 1. The molecule has 0 amide bonds. The summed E-state index contributed by atoms with van der Waals surface area (Å²) in [4.78, 5) is 7.51. The van der Waals surface area contributed by atoms with Crippen LogP contribution in [0.2, 0.25) is 0 Å². The fourth-order valence-corrected chi connectivity index (χ4v) is 2.51. The van der Waals surface area contributed by atoms with Gasteiger partial charge in [0.15, 0.2) is 0 Å². The average molecular weight is 239 g/mol. The Balaban J connectivity index is 1.80. The van der Waals surface area contributed by atoms with Gasteiger partial charge in [-0.15, -0.1) is 11.8 Å². The monoisotopic (exact) mass is 239 g/mol. The first-order valence-electron chi connectivity index (χ1n) is 5.38. The van der Waals surface area contributed by atoms with E-state index in [-0.39, 0.29) is 0 Å². The van der Waals surface area contributed by atoms with Crippen molar-refractivity contribution in [1.29, 1.82) is 0 Å². The zero-order valence-corrected chi connectivity index (χ0v) is 10.2. The highest BCUT2D eigenvalue weighted by molar-refractivity contribution is 7.99. The predicted octanol–water partition coefficient (Wildman–Crippen LogP) is 1.09. The van der Waals surface area contributed by atoms with Gasteiger partial charge >= 0.3 is 0 Å². The Labute approximate surface area is 100 Å². The van der Waals surface area contributed by atoms with Gasteiger partial charge < -0.3 is 15.4 Å². The van der Waals surface area contributed by atoms with Crippen molar-refractivity contribution in [2.75, 3.05) is 38.2 Å². The lowest BCUT2D eigenvalue weighted by Crippen LogP contribution is -2.41. The normalized spacial score (nSPS) is 22.2. The van der Waals surface area contributed by atoms with Crippen LogP contribution in [0, 0.1) is 0 Å². The van der Waals surface area contributed by atoms with Gasteiger partial charge in [-0.1, -0.05) is 0 Å². The van der Waals surface area contributed by atoms with E-state index in [9.17, 15) is 0 Å². The van der Waals surface area contributed by atoms with Crippen molar-refractivity contribution in [2.45, 2.75) is 11.0 Å². The molecule has 1 fully saturated rings. The standard InChI is InChI=1S/C11H17N3OS/c1-14-4-5-15-9(7-14)8-16-10-2-3-11(12)13-6-10/h2-3,6,9H,4-5,7-8H2,1H3,(H2,12,13). The van der Waals surface area contributed by atoms with Gasteiger partial charge in [0.05, 0.1) is 12.7 Å². The van der Waals surface area contributed by atoms with Gasteiger partial charge in [0.1, 0.15) is 5.82 Å². The van der Waals surface area contributed by atoms with Crippen molar-refractivity contribution >= 4 is 17.6 Å². The zero-order valence-electron chi connectivity index (χ0n) is 9.43. The Kier molecular flexibility index (Phi) is 4.04. The van der Waals surface area contributed by atoms with Crippen LogP contribution in [0.4, 0.5) is 5.82 Å². The Morgan fingerprint density at radius 3 is 3.19 bits per heavy atom. The van der Waals surface area contributed by atoms with E-state index < -0.39 is 0 Å². The number of pyridine rings is 1. The Hall–Kier alpha value is -0.780. The summed E-state index contributed by atoms with van der Waals surface area (Å²) in [5.74, 6) is 1.54. The highest BCUT2D eigenvalue weighted by Gasteiger charge is 2.17. The second-order valence-corrected chi connectivity index (χ2v) is 5.08. The minimum atomic E-state index is 0.321. The third kappa shape index (κ3) is 3.37. The predicted molar refractivity (Wildman–Crippen MR) is 66.6 cm³/mol. The molecule has 0 spiro atoms. The van der Waals surface area contributed by atoms with Crippen molar-refractivity contribution in [3.63, 3.8) is 0 Å². The number of anilines is 1. The lowest BCUT2D eigenvalue weighted by atomic mass is 10.3. The quantitative estimate of drug-likeness (QED) is 0.800. The number of nitrogen functional groups attached to an aromatic ring is 1. The van der Waals surface area contributed by atoms with Crippen LogP contribution in [0.25, 0.3) is 0 Å². The summed E-state index contributed by atoms with van der Waals surface area (Å²) >= 11 is 1.77. The SMILES string of the molecule is CN1CCOC(CSc2ccc(N)nc2)C1. The third-order valence-electron chi connectivity index (χ3n) is 2.54. The van der Waals surface area contributed by atoms with Crippen LogP contribution < -0.4 is 5.73 Å². The molecule has 16 heavy (non-hydrogen) atoms. The van der Waals surface area contributed by atoms with Gasteiger partial charge in [0, 0.05) is 29.9 Å². The van der Waals surface area contributed by atoms with Gasteiger partial charge in [-0.25, -0.2) is 4.98 Å². The lowest BCUT2D eigenvalue weighted by molar-refractivity contribution is -0.00598. The topological polar surface area (TPSA) is 51.4 Å². The number of aromatic nitrogens is 1. The molecule has 88 valence electrons. The number of hydrogen-bond acceptors (Lipinski definition) is 5. The molecule has 1 aliphatic rings. The van der Waals surface area contributed by atoms with Gasteiger partial charge in [-0.05, 0) is 19.2 Å². The molecule has 4 nitrogen and oxygen atoms in total. The number of hydrogen-bond donors (Lipinski definition) is 1. The summed E-state index contributed by atoms with van der Waals surface area (Å²) in [6.07, 6.45) is 2.13. The molecule has 0 radical (unpaired) electrons. The molecule has 1 atom stereocenters. The molecule has 1 saturated heterocycles. The van der Waals surface area contributed by atoms with Crippen LogP contribution in [0.1, 0.15) is 0 Å². The van der Waals surface area contributed by atoms with Gasteiger partial charge in [-0.2, -0.15) is 0 Å². The summed E-state index contributed by atoms with van der Waals surface area (Å²) < 4.78 is 5.69. The first-order valence-corrected chi connectivity index (χ1v) is 6.37. The molecule has 1 unspecified atom stereocenters. The third-order valence-corrected chi connectivity index (χ3v) is 3.65. The van der Waals surface area contributed by atoms with E-state index in [1.165, 1.54) is 0 Å². The van der Waals surface area contributed by atoms with E-state index >= 15 is 0 Å². The summed E-state index contributed by atoms with van der Waals surface area (Å²) in [5.41, 5.74) is 5.53. The molecule has 2 heterocycles. The number of nitrogens with two attached hydrogens (primary N) is 1. The van der Waals surface area contributed by atoms with Crippen LogP contribution in [0.3, 0.4) is 0 Å². The van der Waals surface area contributed by atoms with Crippen LogP contribution in [-0.4, -0.2) is 48.5 Å². The molecular weight excluding hydrogens is 222 g/mol. The average Bonchev–Trinajstić information content (AvgIpc) is 2.28. The second-order valence-electron chi connectivity index (χ2n) is 3.98. The molecule has 0 saturated carbocycles. The zero-order chi connectivity index (χ0) is 11.4. The Morgan fingerprint density at radius 2 is 2.50 bits per heavy atom. The van der Waals surface area contributed by atoms with Crippen LogP contribution >= 0.6 is 11.8 Å². The van der Waals surface area contributed by atoms with E-state index in [0.29, 0.717) is 11.9 Å². The van der Waals surface area contributed by atoms with Crippen molar-refractivity contribution in [3.05, 3.63) is 18.3 Å². The Bertz CT molecular complexity index is 331. The van der Waals surface area contributed by atoms with Gasteiger partial charge in [-0.3, -0.25) is 0 Å². The minimum Gasteiger partial charge on any atom is -0.384 e. The number of morpholine rings is 1. The fraction of sp³-hybridized carbons (Fsp3) is 0.545. The molecule has 5 heteroatoms. The summed E-state index contributed by atoms with van der Waals surface area (Å²) in [6, 6.07) is 3.83. The molecule has 0 aliphatic carbocycles. The molecule has 1 aromatic heterocycles. The lowest BCUT2D eigenvalue weighted by Gasteiger charge is -2.29. The number of nitrogens with zero attached hydrogens (tertiary/aromatic N) is 2. The largest absolute Gasteiger partial charge is 0.384 e. The number of likely N-dealkylation sites (N-methyl/N-ethyl adjacent to an activating group) is 1. The summed E-state index contributed by atoms with van der Waals surface area (Å²) in [5, 5.41) is 0. The smallest absolute Gasteiger partial charge is 0.123 e. The van der Waals surface area contributed by atoms with Crippen molar-refractivity contribution in [3.8, 4) is 0 Å². The molecule has 2 rings (SSSR count). The minimum absolute atomic E-state index is 0.321. The van der Waals surface area contributed by atoms with Gasteiger partial charge in [0.2, 0.25) is 0 Å². The molecule has 0 bridgehead atoms. The van der Waals surface area contributed by atoms with Crippen molar-refractivity contribution < 1.29 is 4.74 Å². The highest BCUT2D eigenvalue weighted by atomic mass is 32.2. The second kappa shape index (κ2) is 5.52. The van der Waals surface area contributed by atoms with Crippen molar-refractivity contribution in [1.82, 2.24) is 9.88 Å². The van der Waals surface area contributed by atoms with Gasteiger partial charge in [0.25, 0.3) is 0 Å². The van der Waals surface area contributed by atoms with E-state index in [2.05, 4.69) is 16.9 Å². The van der Waals surface area contributed by atoms with Crippen molar-refractivity contribution in [2.24, 2.45) is 0 Å². The van der Waals surface area contributed by atoms with Crippen LogP contribution in [-0.2, 0) is 4.74 Å². The molecule has 0 aromatic carbocycles. The van der Waals surface area contributed by atoms with E-state index in [4.69, 9.17) is 10.5 Å².